The zero-order valence-corrected chi connectivity index (χ0v) is 32.1. The molecule has 0 unspecified atom stereocenters. The van der Waals surface area contributed by atoms with Gasteiger partial charge < -0.3 is 14.0 Å². The normalized spacial score (nSPS) is 11.7. The number of hydrogen-bond donors (Lipinski definition) is 0. The molecule has 12 aromatic rings. The second-order valence-corrected chi connectivity index (χ2v) is 15.2. The van der Waals surface area contributed by atoms with Crippen molar-refractivity contribution in [2.45, 2.75) is 0 Å². The minimum Gasteiger partial charge on any atom is -0.310 e. The number of hydrogen-bond acceptors (Lipinski definition) is 2. The Kier molecular flexibility index (Phi) is 7.50. The van der Waals surface area contributed by atoms with Crippen LogP contribution in [0.5, 0.6) is 0 Å². The van der Waals surface area contributed by atoms with Gasteiger partial charge in [0.05, 0.1) is 33.3 Å². The van der Waals surface area contributed by atoms with Gasteiger partial charge >= 0.3 is 0 Å². The minimum atomic E-state index is 0.977. The van der Waals surface area contributed by atoms with E-state index in [2.05, 4.69) is 232 Å². The molecule has 0 atom stereocenters. The fraction of sp³-hybridized carbons (Fsp3) is 0. The van der Waals surface area contributed by atoms with Gasteiger partial charge in [0.2, 0.25) is 0 Å². The number of aromatic nitrogens is 3. The highest BCUT2D eigenvalue weighted by Crippen LogP contribution is 2.44. The van der Waals surface area contributed by atoms with Crippen LogP contribution in [0.15, 0.2) is 218 Å². The van der Waals surface area contributed by atoms with Gasteiger partial charge in [0.1, 0.15) is 0 Å². The van der Waals surface area contributed by atoms with Gasteiger partial charge in [0, 0.05) is 71.7 Å². The van der Waals surface area contributed by atoms with Crippen LogP contribution < -0.4 is 4.90 Å². The van der Waals surface area contributed by atoms with Crippen LogP contribution >= 0.6 is 0 Å². The van der Waals surface area contributed by atoms with E-state index in [0.29, 0.717) is 0 Å². The molecule has 0 radical (unpaired) electrons. The smallest absolute Gasteiger partial charge is 0.0788 e. The minimum absolute atomic E-state index is 0.977. The van der Waals surface area contributed by atoms with E-state index in [4.69, 9.17) is 4.98 Å². The van der Waals surface area contributed by atoms with Crippen LogP contribution in [0.25, 0.3) is 87.9 Å². The van der Waals surface area contributed by atoms with Crippen molar-refractivity contribution in [1.82, 2.24) is 14.1 Å². The summed E-state index contributed by atoms with van der Waals surface area (Å²) in [4.78, 5) is 7.74. The first-order valence-electron chi connectivity index (χ1n) is 20.1. The number of rotatable bonds is 6. The summed E-state index contributed by atoms with van der Waals surface area (Å²) in [6.07, 6.45) is 0. The van der Waals surface area contributed by atoms with E-state index < -0.39 is 0 Å². The molecule has 4 heteroatoms. The maximum absolute atomic E-state index is 5.38. The quantitative estimate of drug-likeness (QED) is 0.158. The van der Waals surface area contributed by atoms with Crippen LogP contribution in [0.2, 0.25) is 0 Å². The number of nitrogens with zero attached hydrogens (tertiary/aromatic N) is 4. The van der Waals surface area contributed by atoms with E-state index >= 15 is 0 Å². The van der Waals surface area contributed by atoms with Crippen molar-refractivity contribution in [2.24, 2.45) is 0 Å². The van der Waals surface area contributed by atoms with Crippen LogP contribution in [0.3, 0.4) is 0 Å². The van der Waals surface area contributed by atoms with Gasteiger partial charge in [-0.25, -0.2) is 4.98 Å². The Balaban J connectivity index is 1.04. The fourth-order valence-corrected chi connectivity index (χ4v) is 9.32. The lowest BCUT2D eigenvalue weighted by Crippen LogP contribution is -2.09. The second-order valence-electron chi connectivity index (χ2n) is 15.2. The topological polar surface area (TPSA) is 26.0 Å². The zero-order chi connectivity index (χ0) is 38.9. The van der Waals surface area contributed by atoms with Gasteiger partial charge in [-0.15, -0.1) is 0 Å². The monoisotopic (exact) mass is 752 g/mol. The lowest BCUT2D eigenvalue weighted by molar-refractivity contribution is 1.18. The highest BCUT2D eigenvalue weighted by Gasteiger charge is 2.21. The van der Waals surface area contributed by atoms with Crippen molar-refractivity contribution >= 4 is 82.3 Å². The Morgan fingerprint density at radius 3 is 1.54 bits per heavy atom. The SMILES string of the molecule is c1ccc(N(c2ccc(-c3nc4ccccc4c4c3ccc3c4c4ccccc4n3-c3ccccc3)cc2)c2ccc3c(c2)c2ccccc2n3-c2ccccc2)cc1. The molecule has 0 amide bonds. The molecular weight excluding hydrogens is 717 g/mol. The molecule has 3 aromatic heterocycles. The van der Waals surface area contributed by atoms with Crippen molar-refractivity contribution < 1.29 is 0 Å². The number of fused-ring (bicyclic) bond motifs is 10. The third-order valence-electron chi connectivity index (χ3n) is 11.9. The highest BCUT2D eigenvalue weighted by molar-refractivity contribution is 6.29. The fourth-order valence-electron chi connectivity index (χ4n) is 9.32. The van der Waals surface area contributed by atoms with E-state index in [1.165, 1.54) is 49.0 Å². The summed E-state index contributed by atoms with van der Waals surface area (Å²) in [6, 6.07) is 78.4. The first kappa shape index (κ1) is 33.2. The number of benzene rings is 9. The summed E-state index contributed by atoms with van der Waals surface area (Å²) in [6.45, 7) is 0. The van der Waals surface area contributed by atoms with Crippen molar-refractivity contribution in [3.63, 3.8) is 0 Å². The second kappa shape index (κ2) is 13.3. The first-order chi connectivity index (χ1) is 29.3. The predicted octanol–water partition coefficient (Wildman–Crippen LogP) is 14.7. The van der Waals surface area contributed by atoms with Gasteiger partial charge in [-0.05, 0) is 91.0 Å². The Morgan fingerprint density at radius 2 is 0.831 bits per heavy atom. The Bertz CT molecular complexity index is 3530. The van der Waals surface area contributed by atoms with Crippen molar-refractivity contribution in [3.05, 3.63) is 218 Å². The van der Waals surface area contributed by atoms with Crippen LogP contribution in [0.4, 0.5) is 17.1 Å². The molecule has 59 heavy (non-hydrogen) atoms. The van der Waals surface area contributed by atoms with Crippen LogP contribution in [0.1, 0.15) is 0 Å². The van der Waals surface area contributed by atoms with E-state index in [9.17, 15) is 0 Å². The summed E-state index contributed by atoms with van der Waals surface area (Å²) >= 11 is 0. The third-order valence-corrected chi connectivity index (χ3v) is 11.9. The predicted molar refractivity (Wildman–Crippen MR) is 248 cm³/mol. The van der Waals surface area contributed by atoms with E-state index in [-0.39, 0.29) is 0 Å². The molecule has 3 heterocycles. The summed E-state index contributed by atoms with van der Waals surface area (Å²) in [5, 5.41) is 8.45. The average Bonchev–Trinajstić information content (AvgIpc) is 3.83. The Labute approximate surface area is 341 Å². The molecular formula is C55H36N4. The molecule has 0 aliphatic heterocycles. The van der Waals surface area contributed by atoms with Crippen molar-refractivity contribution in [1.29, 1.82) is 0 Å². The number of para-hydroxylation sites is 6. The summed E-state index contributed by atoms with van der Waals surface area (Å²) < 4.78 is 4.76. The molecule has 0 N–H and O–H groups in total. The van der Waals surface area contributed by atoms with Crippen molar-refractivity contribution in [3.8, 4) is 22.6 Å². The van der Waals surface area contributed by atoms with Gasteiger partial charge in [-0.3, -0.25) is 0 Å². The summed E-state index contributed by atoms with van der Waals surface area (Å²) in [5.74, 6) is 0. The highest BCUT2D eigenvalue weighted by atomic mass is 15.1. The molecule has 12 rings (SSSR count). The molecule has 0 aliphatic rings. The van der Waals surface area contributed by atoms with E-state index in [1.54, 1.807) is 0 Å². The Morgan fingerprint density at radius 1 is 0.322 bits per heavy atom. The van der Waals surface area contributed by atoms with Gasteiger partial charge in [-0.1, -0.05) is 127 Å². The van der Waals surface area contributed by atoms with Crippen LogP contribution in [-0.4, -0.2) is 14.1 Å². The zero-order valence-electron chi connectivity index (χ0n) is 32.1. The molecule has 276 valence electrons. The Hall–Kier alpha value is -7.95. The third kappa shape index (κ3) is 5.20. The van der Waals surface area contributed by atoms with Crippen LogP contribution in [-0.2, 0) is 0 Å². The lowest BCUT2D eigenvalue weighted by atomic mass is 9.96. The van der Waals surface area contributed by atoms with Gasteiger partial charge in [-0.2, -0.15) is 0 Å². The van der Waals surface area contributed by atoms with Gasteiger partial charge in [0.15, 0.2) is 0 Å². The standard InChI is InChI=1S/C55H36N4/c1-4-16-38(17-5-1)57(42-32-34-51-47(36-42)43-22-11-14-26-49(43)58(51)39-18-6-2-7-19-39)41-30-28-37(29-31-41)55-46-33-35-52-54(53(46)44-23-10-13-25-48(44)56-55)45-24-12-15-27-50(45)59(52)40-20-8-3-9-21-40/h1-36H. The number of anilines is 3. The largest absolute Gasteiger partial charge is 0.310 e. The van der Waals surface area contributed by atoms with Crippen LogP contribution in [0, 0.1) is 0 Å². The molecule has 4 nitrogen and oxygen atoms in total. The van der Waals surface area contributed by atoms with E-state index in [1.807, 2.05) is 0 Å². The molecule has 0 saturated heterocycles. The molecule has 0 spiro atoms. The maximum atomic E-state index is 5.38. The molecule has 9 aromatic carbocycles. The molecule has 0 bridgehead atoms. The molecule has 0 fully saturated rings. The maximum Gasteiger partial charge on any atom is 0.0788 e. The molecule has 0 aliphatic carbocycles. The van der Waals surface area contributed by atoms with Crippen molar-refractivity contribution in [2.75, 3.05) is 4.90 Å². The van der Waals surface area contributed by atoms with E-state index in [0.717, 1.165) is 56.0 Å². The first-order valence-corrected chi connectivity index (χ1v) is 20.1. The van der Waals surface area contributed by atoms with Gasteiger partial charge in [0.25, 0.3) is 0 Å². The summed E-state index contributed by atoms with van der Waals surface area (Å²) in [7, 11) is 0. The lowest BCUT2D eigenvalue weighted by Gasteiger charge is -2.26. The summed E-state index contributed by atoms with van der Waals surface area (Å²) in [5.41, 5.74) is 13.4. The number of pyridine rings is 1. The average molecular weight is 753 g/mol. The molecule has 0 saturated carbocycles.